The Kier molecular flexibility index (Phi) is 11.9. The van der Waals surface area contributed by atoms with Crippen molar-refractivity contribution in [1.29, 1.82) is 0 Å². The monoisotopic (exact) mass is 975 g/mol. The van der Waals surface area contributed by atoms with Crippen LogP contribution in [0.1, 0.15) is 143 Å². The number of nitrogens with one attached hydrogen (secondary N) is 3. The molecule has 5 heterocycles. The van der Waals surface area contributed by atoms with E-state index in [-0.39, 0.29) is 63.8 Å². The maximum atomic E-state index is 15.0. The van der Waals surface area contributed by atoms with Crippen LogP contribution in [0.4, 0.5) is 21.5 Å². The zero-order valence-corrected chi connectivity index (χ0v) is 40.8. The lowest BCUT2D eigenvalue weighted by Crippen LogP contribution is -2.54. The van der Waals surface area contributed by atoms with Crippen LogP contribution in [0.25, 0.3) is 11.0 Å². The van der Waals surface area contributed by atoms with Gasteiger partial charge in [-0.05, 0) is 137 Å². The van der Waals surface area contributed by atoms with Gasteiger partial charge in [0, 0.05) is 61.2 Å². The number of sulfonamides is 1. The van der Waals surface area contributed by atoms with Crippen LogP contribution in [0.3, 0.4) is 0 Å². The topological polar surface area (TPSA) is 192 Å². The Balaban J connectivity index is 0.838. The van der Waals surface area contributed by atoms with Gasteiger partial charge in [-0.15, -0.1) is 0 Å². The summed E-state index contributed by atoms with van der Waals surface area (Å²) in [6.07, 6.45) is 12.3. The summed E-state index contributed by atoms with van der Waals surface area (Å²) in [7, 11) is -4.72. The van der Waals surface area contributed by atoms with Crippen molar-refractivity contribution in [3.05, 3.63) is 105 Å². The van der Waals surface area contributed by atoms with Crippen molar-refractivity contribution in [2.75, 3.05) is 36.5 Å². The van der Waals surface area contributed by atoms with Crippen molar-refractivity contribution in [1.82, 2.24) is 19.6 Å². The normalized spacial score (nSPS) is 24.8. The minimum Gasteiger partial charge on any atom is -0.489 e. The number of rotatable bonds is 12. The SMILES string of the molecule is CC(C)c1ccccc1[C@H]1CCCN1C1CC2(CCN(c3ccc(C(=O)NS(=O)(=O)c4cc5c(c([N+](=O)[O-])c4)N[C@@H](C4CCC(C)(O)CC4)CO5)c(Oc4cc5c(F)c[nH]c5nc4C4CC4)c3)CC2)C1. The number of piperidine rings is 1. The van der Waals surface area contributed by atoms with E-state index in [4.69, 9.17) is 14.5 Å². The molecule has 2 saturated heterocycles. The molecule has 5 aromatic rings. The zero-order valence-electron chi connectivity index (χ0n) is 40.0. The van der Waals surface area contributed by atoms with E-state index in [1.807, 2.05) is 0 Å². The van der Waals surface area contributed by atoms with Gasteiger partial charge in [-0.1, -0.05) is 38.1 Å². The molecule has 1 amide bonds. The van der Waals surface area contributed by atoms with Crippen LogP contribution in [0, 0.1) is 27.3 Å². The third-order valence-electron chi connectivity index (χ3n) is 16.5. The summed E-state index contributed by atoms with van der Waals surface area (Å²) < 4.78 is 58.0. The molecule has 0 radical (unpaired) electrons. The van der Waals surface area contributed by atoms with Gasteiger partial charge < -0.3 is 29.8 Å². The molecule has 3 saturated carbocycles. The number of fused-ring (bicyclic) bond motifs is 2. The number of aromatic amines is 1. The van der Waals surface area contributed by atoms with E-state index >= 15 is 4.39 Å². The average molecular weight is 976 g/mol. The molecule has 1 spiro atoms. The van der Waals surface area contributed by atoms with Crippen molar-refractivity contribution in [3.63, 3.8) is 0 Å². The third-order valence-corrected chi connectivity index (χ3v) is 17.8. The van der Waals surface area contributed by atoms with Crippen molar-refractivity contribution >= 4 is 44.0 Å². The molecule has 370 valence electrons. The summed E-state index contributed by atoms with van der Waals surface area (Å²) in [5.74, 6) is -0.574. The number of ether oxygens (including phenoxy) is 2. The second kappa shape index (κ2) is 17.8. The molecular formula is C53H62FN7O8S. The predicted molar refractivity (Wildman–Crippen MR) is 264 cm³/mol. The Bertz CT molecular complexity index is 2970. The van der Waals surface area contributed by atoms with Crippen LogP contribution in [0.2, 0.25) is 0 Å². The van der Waals surface area contributed by atoms with Gasteiger partial charge in [-0.25, -0.2) is 22.5 Å². The number of hydrogen-bond acceptors (Lipinski definition) is 12. The Morgan fingerprint density at radius 2 is 1.76 bits per heavy atom. The van der Waals surface area contributed by atoms with Crippen LogP contribution < -0.4 is 24.4 Å². The fraction of sp³-hybridized carbons (Fsp3) is 0.509. The fourth-order valence-electron chi connectivity index (χ4n) is 12.3. The zero-order chi connectivity index (χ0) is 48.7. The van der Waals surface area contributed by atoms with Gasteiger partial charge in [0.1, 0.15) is 29.6 Å². The van der Waals surface area contributed by atoms with Gasteiger partial charge in [0.2, 0.25) is 0 Å². The molecule has 17 heteroatoms. The molecule has 0 bridgehead atoms. The molecule has 2 atom stereocenters. The van der Waals surface area contributed by atoms with Crippen molar-refractivity contribution in [2.24, 2.45) is 11.3 Å². The number of pyridine rings is 1. The van der Waals surface area contributed by atoms with Crippen LogP contribution in [-0.4, -0.2) is 83.1 Å². The number of aromatic nitrogens is 2. The van der Waals surface area contributed by atoms with Gasteiger partial charge in [0.15, 0.2) is 11.4 Å². The first kappa shape index (κ1) is 46.6. The first-order chi connectivity index (χ1) is 33.5. The van der Waals surface area contributed by atoms with Crippen LogP contribution in [0.15, 0.2) is 71.8 Å². The second-order valence-corrected chi connectivity index (χ2v) is 23.3. The van der Waals surface area contributed by atoms with Gasteiger partial charge in [0.05, 0.1) is 38.1 Å². The van der Waals surface area contributed by atoms with E-state index in [0.29, 0.717) is 55.0 Å². The molecule has 3 aliphatic heterocycles. The molecule has 3 aromatic carbocycles. The summed E-state index contributed by atoms with van der Waals surface area (Å²) in [4.78, 5) is 38.3. The lowest BCUT2D eigenvalue weighted by atomic mass is 9.59. The number of carbonyl (C=O) groups excluding carboxylic acids is 1. The number of likely N-dealkylation sites (tertiary alicyclic amines) is 1. The van der Waals surface area contributed by atoms with Gasteiger partial charge in [-0.2, -0.15) is 0 Å². The Hall–Kier alpha value is -5.78. The number of aliphatic hydroxyl groups is 1. The largest absolute Gasteiger partial charge is 0.489 e. The smallest absolute Gasteiger partial charge is 0.297 e. The standard InChI is InChI=1S/C53H62FN7O8S/c1-31(2)37-7-4-5-8-38(37)43-9-6-20-60(43)35-27-53(28-35)18-21-59(22-19-53)34-12-13-39(45(23-34)69-47-26-40-41(54)29-55-50(40)57-48(47)33-10-11-33)51(62)58-70(66,67)36-24-44(61(64)65)49-46(25-36)68-30-42(56-49)32-14-16-52(3,63)17-15-32/h4-5,7-8,12-13,23-26,29,31-33,35,42-43,56,63H,6,9-11,14-22,27-28,30H2,1-3H3,(H,55,57)(H,58,62)/t32?,42-,43-,52?/m1/s1. The maximum Gasteiger partial charge on any atom is 0.297 e. The fourth-order valence-corrected chi connectivity index (χ4v) is 13.3. The lowest BCUT2D eigenvalue weighted by molar-refractivity contribution is -0.384. The van der Waals surface area contributed by atoms with Crippen molar-refractivity contribution in [3.8, 4) is 17.2 Å². The number of nitro benzene ring substituents is 1. The number of amides is 1. The highest BCUT2D eigenvalue weighted by Gasteiger charge is 2.50. The number of anilines is 2. The van der Waals surface area contributed by atoms with Crippen LogP contribution in [0.5, 0.6) is 17.2 Å². The van der Waals surface area contributed by atoms with E-state index in [2.05, 4.69) is 62.9 Å². The molecule has 70 heavy (non-hydrogen) atoms. The van der Waals surface area contributed by atoms with Crippen LogP contribution in [-0.2, 0) is 10.0 Å². The number of nitro groups is 1. The first-order valence-corrected chi connectivity index (χ1v) is 26.6. The van der Waals surface area contributed by atoms with E-state index in [0.717, 1.165) is 57.1 Å². The van der Waals surface area contributed by atoms with Gasteiger partial charge >= 0.3 is 0 Å². The molecule has 2 aromatic heterocycles. The van der Waals surface area contributed by atoms with Crippen LogP contribution >= 0.6 is 0 Å². The number of hydrogen-bond donors (Lipinski definition) is 4. The number of benzene rings is 3. The third kappa shape index (κ3) is 8.86. The van der Waals surface area contributed by atoms with E-state index in [1.54, 1.807) is 25.1 Å². The van der Waals surface area contributed by atoms with E-state index in [9.17, 15) is 28.4 Å². The van der Waals surface area contributed by atoms with Crippen molar-refractivity contribution in [2.45, 2.75) is 138 Å². The summed E-state index contributed by atoms with van der Waals surface area (Å²) in [6, 6.07) is 18.4. The molecule has 3 aliphatic carbocycles. The Morgan fingerprint density at radius 3 is 2.49 bits per heavy atom. The van der Waals surface area contributed by atoms with Gasteiger partial charge in [0.25, 0.3) is 21.6 Å². The molecule has 0 unspecified atom stereocenters. The maximum absolute atomic E-state index is 15.0. The number of carbonyl (C=O) groups is 1. The predicted octanol–water partition coefficient (Wildman–Crippen LogP) is 10.2. The quantitative estimate of drug-likeness (QED) is 0.0684. The molecule has 15 nitrogen and oxygen atoms in total. The summed E-state index contributed by atoms with van der Waals surface area (Å²) in [5.41, 5.74) is 3.67. The second-order valence-electron chi connectivity index (χ2n) is 21.6. The minimum absolute atomic E-state index is 0.0182. The van der Waals surface area contributed by atoms with E-state index < -0.39 is 42.9 Å². The molecule has 5 fully saturated rings. The number of halogens is 1. The summed E-state index contributed by atoms with van der Waals surface area (Å²) >= 11 is 0. The minimum atomic E-state index is -4.72. The molecular weight excluding hydrogens is 914 g/mol. The van der Waals surface area contributed by atoms with E-state index in [1.165, 1.54) is 55.1 Å². The molecule has 4 N–H and O–H groups in total. The van der Waals surface area contributed by atoms with Gasteiger partial charge in [-0.3, -0.25) is 19.8 Å². The summed E-state index contributed by atoms with van der Waals surface area (Å²) in [5, 5.41) is 26.4. The molecule has 11 rings (SSSR count). The average Bonchev–Trinajstić information content (AvgIpc) is 3.96. The highest BCUT2D eigenvalue weighted by Crippen LogP contribution is 2.55. The highest BCUT2D eigenvalue weighted by atomic mass is 32.2. The highest BCUT2D eigenvalue weighted by molar-refractivity contribution is 7.90. The Morgan fingerprint density at radius 1 is 1.00 bits per heavy atom. The van der Waals surface area contributed by atoms with Crippen molar-refractivity contribution < 1.29 is 37.1 Å². The lowest BCUT2D eigenvalue weighted by Gasteiger charge is -2.56. The first-order valence-electron chi connectivity index (χ1n) is 25.1. The number of nitrogens with zero attached hydrogens (tertiary/aromatic N) is 4. The summed E-state index contributed by atoms with van der Waals surface area (Å²) in [6.45, 7) is 9.21. The Labute approximate surface area is 407 Å². The number of H-pyrrole nitrogens is 1. The molecule has 6 aliphatic rings.